The summed E-state index contributed by atoms with van der Waals surface area (Å²) in [7, 11) is 0. The average molecular weight is 294 g/mol. The van der Waals surface area contributed by atoms with Gasteiger partial charge in [0.15, 0.2) is 0 Å². The summed E-state index contributed by atoms with van der Waals surface area (Å²) in [5.74, 6) is 1.59. The standard InChI is InChI=1S/C16H26N2O3/c1-11-7-8-20-14(11)10-17-13(12-5-6-12)9-18-15(19)21-16(2,3)4/h7-8,12-13,17H,5-6,9-10H2,1-4H3,(H,18,19). The van der Waals surface area contributed by atoms with Crippen molar-refractivity contribution < 1.29 is 13.9 Å². The van der Waals surface area contributed by atoms with Crippen molar-refractivity contribution in [1.82, 2.24) is 10.6 Å². The Labute approximate surface area is 126 Å². The second-order valence-electron chi connectivity index (χ2n) is 6.73. The number of hydrogen-bond acceptors (Lipinski definition) is 4. The molecule has 0 aromatic carbocycles. The SMILES string of the molecule is Cc1ccoc1CNC(CNC(=O)OC(C)(C)C)C1CC1. The molecule has 2 rings (SSSR count). The first-order valence-corrected chi connectivity index (χ1v) is 7.58. The van der Waals surface area contributed by atoms with Crippen molar-refractivity contribution in [3.8, 4) is 0 Å². The van der Waals surface area contributed by atoms with Gasteiger partial charge in [0.25, 0.3) is 0 Å². The molecule has 0 radical (unpaired) electrons. The lowest BCUT2D eigenvalue weighted by Gasteiger charge is -2.22. The molecule has 5 nitrogen and oxygen atoms in total. The van der Waals surface area contributed by atoms with E-state index in [2.05, 4.69) is 10.6 Å². The highest BCUT2D eigenvalue weighted by molar-refractivity contribution is 5.67. The fraction of sp³-hybridized carbons (Fsp3) is 0.688. The normalized spacial score (nSPS) is 16.6. The number of furan rings is 1. The van der Waals surface area contributed by atoms with E-state index in [0.29, 0.717) is 19.0 Å². The Kier molecular flexibility index (Phi) is 4.93. The zero-order chi connectivity index (χ0) is 15.5. The van der Waals surface area contributed by atoms with E-state index in [1.807, 2.05) is 33.8 Å². The topological polar surface area (TPSA) is 63.5 Å². The minimum absolute atomic E-state index is 0.266. The molecule has 1 atom stereocenters. The molecule has 0 saturated heterocycles. The number of hydrogen-bond donors (Lipinski definition) is 2. The highest BCUT2D eigenvalue weighted by Crippen LogP contribution is 2.32. The largest absolute Gasteiger partial charge is 0.468 e. The first kappa shape index (κ1) is 15.9. The van der Waals surface area contributed by atoms with Crippen LogP contribution in [-0.4, -0.2) is 24.3 Å². The zero-order valence-corrected chi connectivity index (χ0v) is 13.4. The van der Waals surface area contributed by atoms with Crippen molar-refractivity contribution in [3.63, 3.8) is 0 Å². The third kappa shape index (κ3) is 5.42. The van der Waals surface area contributed by atoms with Crippen molar-refractivity contribution in [1.29, 1.82) is 0 Å². The summed E-state index contributed by atoms with van der Waals surface area (Å²) in [5, 5.41) is 6.33. The lowest BCUT2D eigenvalue weighted by Crippen LogP contribution is -2.43. The number of rotatable bonds is 6. The summed E-state index contributed by atoms with van der Waals surface area (Å²) in [4.78, 5) is 11.7. The van der Waals surface area contributed by atoms with Crippen LogP contribution in [-0.2, 0) is 11.3 Å². The van der Waals surface area contributed by atoms with E-state index in [0.717, 1.165) is 11.3 Å². The van der Waals surface area contributed by atoms with E-state index in [1.54, 1.807) is 6.26 Å². The summed E-state index contributed by atoms with van der Waals surface area (Å²) < 4.78 is 10.7. The van der Waals surface area contributed by atoms with Crippen LogP contribution in [0, 0.1) is 12.8 Å². The van der Waals surface area contributed by atoms with Crippen LogP contribution >= 0.6 is 0 Å². The van der Waals surface area contributed by atoms with Gasteiger partial charge in [0.1, 0.15) is 11.4 Å². The first-order valence-electron chi connectivity index (χ1n) is 7.58. The van der Waals surface area contributed by atoms with Crippen LogP contribution in [0.15, 0.2) is 16.7 Å². The Morgan fingerprint density at radius 3 is 2.71 bits per heavy atom. The van der Waals surface area contributed by atoms with Gasteiger partial charge in [0.2, 0.25) is 0 Å². The molecule has 1 unspecified atom stereocenters. The van der Waals surface area contributed by atoms with Crippen LogP contribution in [0.4, 0.5) is 4.79 Å². The molecule has 2 N–H and O–H groups in total. The van der Waals surface area contributed by atoms with Gasteiger partial charge in [-0.15, -0.1) is 0 Å². The Morgan fingerprint density at radius 1 is 1.48 bits per heavy atom. The van der Waals surface area contributed by atoms with Gasteiger partial charge in [-0.3, -0.25) is 0 Å². The molecule has 5 heteroatoms. The quantitative estimate of drug-likeness (QED) is 0.846. The fourth-order valence-electron chi connectivity index (χ4n) is 2.22. The fourth-order valence-corrected chi connectivity index (χ4v) is 2.22. The molecule has 1 fully saturated rings. The molecule has 0 spiro atoms. The third-order valence-corrected chi connectivity index (χ3v) is 3.55. The van der Waals surface area contributed by atoms with Crippen molar-refractivity contribution >= 4 is 6.09 Å². The number of amides is 1. The monoisotopic (exact) mass is 294 g/mol. The number of carbonyl (C=O) groups is 1. The molecule has 1 heterocycles. The molecule has 0 bridgehead atoms. The van der Waals surface area contributed by atoms with Crippen LogP contribution in [0.1, 0.15) is 44.9 Å². The Hall–Kier alpha value is -1.49. The number of carbonyl (C=O) groups excluding carboxylic acids is 1. The van der Waals surface area contributed by atoms with Gasteiger partial charge in [-0.25, -0.2) is 4.79 Å². The highest BCUT2D eigenvalue weighted by atomic mass is 16.6. The molecule has 21 heavy (non-hydrogen) atoms. The zero-order valence-electron chi connectivity index (χ0n) is 13.4. The minimum Gasteiger partial charge on any atom is -0.468 e. The molecule has 1 aliphatic carbocycles. The second kappa shape index (κ2) is 6.52. The summed E-state index contributed by atoms with van der Waals surface area (Å²) >= 11 is 0. The van der Waals surface area contributed by atoms with Gasteiger partial charge in [0.05, 0.1) is 12.8 Å². The van der Waals surface area contributed by atoms with Crippen LogP contribution in [0.5, 0.6) is 0 Å². The molecule has 1 amide bonds. The number of ether oxygens (including phenoxy) is 1. The average Bonchev–Trinajstić information content (AvgIpc) is 3.11. The summed E-state index contributed by atoms with van der Waals surface area (Å²) in [6, 6.07) is 2.23. The second-order valence-corrected chi connectivity index (χ2v) is 6.73. The van der Waals surface area contributed by atoms with Crippen molar-refractivity contribution in [2.45, 2.75) is 58.7 Å². The summed E-state index contributed by atoms with van der Waals surface area (Å²) in [6.07, 6.45) is 3.77. The molecule has 1 aromatic rings. The van der Waals surface area contributed by atoms with Gasteiger partial charge < -0.3 is 19.8 Å². The van der Waals surface area contributed by atoms with Gasteiger partial charge >= 0.3 is 6.09 Å². The predicted molar refractivity (Wildman–Crippen MR) is 81.0 cm³/mol. The van der Waals surface area contributed by atoms with Gasteiger partial charge in [0, 0.05) is 12.6 Å². The van der Waals surface area contributed by atoms with Crippen molar-refractivity contribution in [2.24, 2.45) is 5.92 Å². The Bertz CT molecular complexity index is 472. The number of nitrogens with one attached hydrogen (secondary N) is 2. The van der Waals surface area contributed by atoms with Gasteiger partial charge in [-0.1, -0.05) is 0 Å². The molecule has 1 saturated carbocycles. The molecule has 1 aliphatic rings. The maximum atomic E-state index is 11.7. The lowest BCUT2D eigenvalue weighted by molar-refractivity contribution is 0.0521. The van der Waals surface area contributed by atoms with Gasteiger partial charge in [-0.2, -0.15) is 0 Å². The van der Waals surface area contributed by atoms with Crippen molar-refractivity contribution in [3.05, 3.63) is 23.7 Å². The molecule has 118 valence electrons. The summed E-state index contributed by atoms with van der Waals surface area (Å²) in [6.45, 7) is 8.90. The maximum absolute atomic E-state index is 11.7. The first-order chi connectivity index (χ1) is 9.85. The van der Waals surface area contributed by atoms with E-state index < -0.39 is 5.60 Å². The smallest absolute Gasteiger partial charge is 0.407 e. The van der Waals surface area contributed by atoms with Crippen LogP contribution in [0.25, 0.3) is 0 Å². The number of alkyl carbamates (subject to hydrolysis) is 1. The van der Waals surface area contributed by atoms with E-state index >= 15 is 0 Å². The predicted octanol–water partition coefficient (Wildman–Crippen LogP) is 2.98. The Balaban J connectivity index is 1.77. The van der Waals surface area contributed by atoms with Crippen LogP contribution in [0.3, 0.4) is 0 Å². The molecular weight excluding hydrogens is 268 g/mol. The molecule has 0 aliphatic heterocycles. The number of aryl methyl sites for hydroxylation is 1. The van der Waals surface area contributed by atoms with E-state index in [1.165, 1.54) is 12.8 Å². The van der Waals surface area contributed by atoms with E-state index in [-0.39, 0.29) is 12.1 Å². The molecule has 1 aromatic heterocycles. The minimum atomic E-state index is -0.460. The molecular formula is C16H26N2O3. The Morgan fingerprint density at radius 2 is 2.19 bits per heavy atom. The lowest BCUT2D eigenvalue weighted by atomic mass is 10.1. The summed E-state index contributed by atoms with van der Waals surface area (Å²) in [5.41, 5.74) is 0.690. The van der Waals surface area contributed by atoms with Crippen LogP contribution in [0.2, 0.25) is 0 Å². The van der Waals surface area contributed by atoms with E-state index in [9.17, 15) is 4.79 Å². The highest BCUT2D eigenvalue weighted by Gasteiger charge is 2.31. The van der Waals surface area contributed by atoms with Crippen molar-refractivity contribution in [2.75, 3.05) is 6.54 Å². The maximum Gasteiger partial charge on any atom is 0.407 e. The van der Waals surface area contributed by atoms with Crippen LogP contribution < -0.4 is 10.6 Å². The third-order valence-electron chi connectivity index (χ3n) is 3.55. The van der Waals surface area contributed by atoms with Gasteiger partial charge in [-0.05, 0) is 58.1 Å². The van der Waals surface area contributed by atoms with E-state index in [4.69, 9.17) is 9.15 Å².